The van der Waals surface area contributed by atoms with Crippen LogP contribution in [0, 0.1) is 0 Å². The lowest BCUT2D eigenvalue weighted by atomic mass is 9.88. The highest BCUT2D eigenvalue weighted by atomic mass is 16.8. The molecule has 22 nitrogen and oxygen atoms in total. The molecule has 0 bridgehead atoms. The van der Waals surface area contributed by atoms with Crippen LogP contribution in [0.2, 0.25) is 0 Å². The minimum atomic E-state index is -2.90. The second-order valence-corrected chi connectivity index (χ2v) is 11.3. The molecule has 0 aromatic carbocycles. The molecule has 3 fully saturated rings. The van der Waals surface area contributed by atoms with E-state index in [4.69, 9.17) is 28.8 Å². The molecule has 14 N–H and O–H groups in total. The van der Waals surface area contributed by atoms with Crippen molar-refractivity contribution < 1.29 is 99.3 Å². The van der Waals surface area contributed by atoms with E-state index >= 15 is 0 Å². The van der Waals surface area contributed by atoms with Gasteiger partial charge >= 0.3 is 5.97 Å². The van der Waals surface area contributed by atoms with E-state index in [1.54, 1.807) is 0 Å². The van der Waals surface area contributed by atoms with E-state index in [1.807, 2.05) is 0 Å². The maximum absolute atomic E-state index is 12.4. The largest absolute Gasteiger partial charge is 0.477 e. The number of carboxylic acid groups (broad SMARTS) is 1. The van der Waals surface area contributed by atoms with Gasteiger partial charge in [-0.15, -0.1) is 0 Å². The molecule has 0 aromatic rings. The molecule has 0 radical (unpaired) electrons. The molecule has 16 atom stereocenters. The summed E-state index contributed by atoms with van der Waals surface area (Å²) in [4.78, 5) is 35.8. The SMILES string of the molecule is CC(=O)N[C@@H]1[C@@H](O)[C@H](O[C@H]2O[C@H](CO[C@]3(C(=O)O)C[C@H](O)[C@@H](NC(=O)CO)[C@H]([C@H](O)[C@H](O)CO)O3)[C@H](O)[C@H](O)[C@H]2O)[C@@H](CO)O[C@H]1O. The van der Waals surface area contributed by atoms with E-state index in [0.29, 0.717) is 0 Å². The van der Waals surface area contributed by atoms with Gasteiger partial charge in [0.2, 0.25) is 11.8 Å². The number of aliphatic carboxylic acids is 1. The first-order chi connectivity index (χ1) is 22.0. The lowest BCUT2D eigenvalue weighted by molar-refractivity contribution is -0.358. The van der Waals surface area contributed by atoms with E-state index in [-0.39, 0.29) is 0 Å². The van der Waals surface area contributed by atoms with Crippen LogP contribution in [0.3, 0.4) is 0 Å². The van der Waals surface area contributed by atoms with Crippen molar-refractivity contribution in [1.29, 1.82) is 0 Å². The van der Waals surface area contributed by atoms with Crippen molar-refractivity contribution in [3.8, 4) is 0 Å². The zero-order chi connectivity index (χ0) is 35.4. The number of rotatable bonds is 13. The van der Waals surface area contributed by atoms with Crippen molar-refractivity contribution in [2.75, 3.05) is 26.4 Å². The van der Waals surface area contributed by atoms with Crippen molar-refractivity contribution in [2.24, 2.45) is 0 Å². The first-order valence-corrected chi connectivity index (χ1v) is 14.4. The Morgan fingerprint density at radius 2 is 1.55 bits per heavy atom. The molecule has 0 saturated carbocycles. The second-order valence-electron chi connectivity index (χ2n) is 11.3. The summed E-state index contributed by atoms with van der Waals surface area (Å²) in [7, 11) is 0. The molecule has 3 saturated heterocycles. The topological polar surface area (TPSA) is 364 Å². The lowest BCUT2D eigenvalue weighted by Gasteiger charge is -2.48. The van der Waals surface area contributed by atoms with Crippen molar-refractivity contribution in [3.05, 3.63) is 0 Å². The predicted molar refractivity (Wildman–Crippen MR) is 143 cm³/mol. The molecule has 3 heterocycles. The molecule has 0 aromatic heterocycles. The van der Waals surface area contributed by atoms with Crippen molar-refractivity contribution >= 4 is 17.8 Å². The lowest BCUT2D eigenvalue weighted by Crippen LogP contribution is -2.69. The van der Waals surface area contributed by atoms with Crippen LogP contribution in [0.1, 0.15) is 13.3 Å². The summed E-state index contributed by atoms with van der Waals surface area (Å²) in [6.45, 7) is -2.94. The van der Waals surface area contributed by atoms with E-state index in [2.05, 4.69) is 10.6 Å². The molecule has 272 valence electrons. The highest BCUT2D eigenvalue weighted by molar-refractivity contribution is 5.78. The highest BCUT2D eigenvalue weighted by Gasteiger charge is 2.57. The van der Waals surface area contributed by atoms with Crippen LogP contribution < -0.4 is 10.6 Å². The number of carbonyl (C=O) groups excluding carboxylic acids is 2. The van der Waals surface area contributed by atoms with E-state index in [1.165, 1.54) is 0 Å². The Morgan fingerprint density at radius 3 is 2.11 bits per heavy atom. The Balaban J connectivity index is 1.83. The Morgan fingerprint density at radius 1 is 0.894 bits per heavy atom. The molecule has 3 rings (SSSR count). The van der Waals surface area contributed by atoms with Crippen LogP contribution in [-0.4, -0.2) is 203 Å². The maximum atomic E-state index is 12.4. The normalized spacial score (nSPS) is 42.3. The number of amides is 2. The van der Waals surface area contributed by atoms with Crippen LogP contribution in [0.25, 0.3) is 0 Å². The average Bonchev–Trinajstić information content (AvgIpc) is 3.03. The monoisotopic (exact) mass is 690 g/mol. The van der Waals surface area contributed by atoms with Gasteiger partial charge in [-0.25, -0.2) is 4.79 Å². The van der Waals surface area contributed by atoms with Crippen LogP contribution in [0.5, 0.6) is 0 Å². The van der Waals surface area contributed by atoms with Crippen LogP contribution in [0.4, 0.5) is 0 Å². The molecule has 0 spiro atoms. The first-order valence-electron chi connectivity index (χ1n) is 14.4. The van der Waals surface area contributed by atoms with Gasteiger partial charge in [-0.3, -0.25) is 9.59 Å². The predicted octanol–water partition coefficient (Wildman–Crippen LogP) is -9.11. The van der Waals surface area contributed by atoms with Gasteiger partial charge in [-0.05, 0) is 0 Å². The third kappa shape index (κ3) is 8.69. The summed E-state index contributed by atoms with van der Waals surface area (Å²) in [6, 6.07) is -3.13. The van der Waals surface area contributed by atoms with Gasteiger partial charge in [0.05, 0.1) is 32.0 Å². The molecule has 47 heavy (non-hydrogen) atoms. The first kappa shape index (κ1) is 39.2. The van der Waals surface area contributed by atoms with E-state index in [0.717, 1.165) is 6.92 Å². The van der Waals surface area contributed by atoms with E-state index in [9.17, 15) is 70.6 Å². The van der Waals surface area contributed by atoms with Crippen molar-refractivity contribution in [1.82, 2.24) is 10.6 Å². The van der Waals surface area contributed by atoms with Crippen LogP contribution in [0.15, 0.2) is 0 Å². The summed E-state index contributed by atoms with van der Waals surface area (Å²) in [6.07, 6.45) is -25.5. The van der Waals surface area contributed by atoms with Gasteiger partial charge in [-0.2, -0.15) is 0 Å². The minimum absolute atomic E-state index is 0.687. The summed E-state index contributed by atoms with van der Waals surface area (Å²) in [5.74, 6) is -6.59. The number of carbonyl (C=O) groups is 3. The average molecular weight is 691 g/mol. The van der Waals surface area contributed by atoms with Crippen LogP contribution >= 0.6 is 0 Å². The Bertz CT molecular complexity index is 1070. The molecule has 0 aliphatic carbocycles. The molecule has 0 unspecified atom stereocenters. The summed E-state index contributed by atoms with van der Waals surface area (Å²) in [5, 5.41) is 126. The van der Waals surface area contributed by atoms with Crippen molar-refractivity contribution in [2.45, 2.75) is 111 Å². The second kappa shape index (κ2) is 16.4. The smallest absolute Gasteiger partial charge is 0.364 e. The van der Waals surface area contributed by atoms with Gasteiger partial charge in [0, 0.05) is 13.3 Å². The van der Waals surface area contributed by atoms with Gasteiger partial charge in [0.25, 0.3) is 5.79 Å². The number of carboxylic acids is 1. The summed E-state index contributed by atoms with van der Waals surface area (Å²) < 4.78 is 27.1. The third-order valence-electron chi connectivity index (χ3n) is 7.97. The third-order valence-corrected chi connectivity index (χ3v) is 7.97. The Hall–Kier alpha value is -2.23. The van der Waals surface area contributed by atoms with Gasteiger partial charge in [0.1, 0.15) is 73.7 Å². The summed E-state index contributed by atoms with van der Waals surface area (Å²) >= 11 is 0. The van der Waals surface area contributed by atoms with E-state index < -0.39 is 148 Å². The van der Waals surface area contributed by atoms with Gasteiger partial charge < -0.3 is 95.6 Å². The fourth-order valence-electron chi connectivity index (χ4n) is 5.45. The number of nitrogens with one attached hydrogen (secondary N) is 2. The minimum Gasteiger partial charge on any atom is -0.477 e. The fraction of sp³-hybridized carbons (Fsp3) is 0.880. The maximum Gasteiger partial charge on any atom is 0.364 e. The number of ether oxygens (including phenoxy) is 5. The number of aliphatic hydroxyl groups excluding tert-OH is 11. The Labute approximate surface area is 265 Å². The Kier molecular flexibility index (Phi) is 13.7. The van der Waals surface area contributed by atoms with Crippen LogP contribution in [-0.2, 0) is 38.1 Å². The molecule has 3 aliphatic heterocycles. The number of aliphatic hydroxyl groups is 11. The van der Waals surface area contributed by atoms with Crippen molar-refractivity contribution in [3.63, 3.8) is 0 Å². The zero-order valence-corrected chi connectivity index (χ0v) is 24.8. The van der Waals surface area contributed by atoms with Gasteiger partial charge in [0.15, 0.2) is 12.6 Å². The van der Waals surface area contributed by atoms with Gasteiger partial charge in [-0.1, -0.05) is 0 Å². The molecule has 2 amide bonds. The zero-order valence-electron chi connectivity index (χ0n) is 24.8. The fourth-order valence-corrected chi connectivity index (χ4v) is 5.45. The number of hydrogen-bond acceptors (Lipinski definition) is 19. The molecular formula is C25H42N2O20. The number of hydrogen-bond donors (Lipinski definition) is 14. The molecule has 22 heteroatoms. The summed E-state index contributed by atoms with van der Waals surface area (Å²) in [5.41, 5.74) is 0. The quantitative estimate of drug-likeness (QED) is 0.0852. The molecule has 3 aliphatic rings. The molecular weight excluding hydrogens is 648 g/mol. The standard InChI is InChI=1S/C25H42N2O20/c1-7(31)26-14-17(37)20(10(4-29)44-22(14)40)46-23-19(39)18(38)16(36)11(45-23)6-43-25(24(41)42)2-8(32)13(27-12(34)5-30)21(47-25)15(35)9(33)3-28/h8-11,13-23,28-30,32-33,35-40H,2-6H2,1H3,(H,26,31)(H,27,34)(H,41,42)/t8-,9+,10+,11+,13+,14+,15+,16-,17+,18-,19+,20+,21+,22+,23+,25+/m0/s1. The highest BCUT2D eigenvalue weighted by Crippen LogP contribution is 2.35.